The van der Waals surface area contributed by atoms with Crippen LogP contribution in [0, 0.1) is 11.3 Å². The van der Waals surface area contributed by atoms with Crippen LogP contribution in [0.3, 0.4) is 0 Å². The van der Waals surface area contributed by atoms with Crippen LogP contribution in [0.5, 0.6) is 0 Å². The van der Waals surface area contributed by atoms with Crippen LogP contribution in [0.4, 0.5) is 0 Å². The molecule has 0 saturated carbocycles. The van der Waals surface area contributed by atoms with Crippen LogP contribution in [-0.2, 0) is 24.9 Å². The molecule has 0 fully saturated rings. The second-order valence-electron chi connectivity index (χ2n) is 6.61. The first-order valence-electron chi connectivity index (χ1n) is 8.56. The first-order chi connectivity index (χ1) is 12.9. The predicted octanol–water partition coefficient (Wildman–Crippen LogP) is 1.44. The number of carbonyl (C=O) groups is 1. The molecular weight excluding hydrogens is 344 g/mol. The number of amides is 1. The molecule has 3 aromatic rings. The zero-order valence-electron chi connectivity index (χ0n) is 15.5. The summed E-state index contributed by atoms with van der Waals surface area (Å²) in [5, 5.41) is 13.3. The fourth-order valence-electron chi connectivity index (χ4n) is 2.86. The van der Waals surface area contributed by atoms with Crippen molar-refractivity contribution in [3.8, 4) is 6.07 Å². The first kappa shape index (κ1) is 18.3. The average molecular weight is 364 g/mol. The van der Waals surface area contributed by atoms with E-state index >= 15 is 0 Å². The lowest BCUT2D eigenvalue weighted by Gasteiger charge is -2.27. The van der Waals surface area contributed by atoms with Crippen LogP contribution in [0.1, 0.15) is 25.0 Å². The second-order valence-corrected chi connectivity index (χ2v) is 6.61. The number of hydrogen-bond acceptors (Lipinski definition) is 5. The largest absolute Gasteiger partial charge is 0.334 e. The highest BCUT2D eigenvalue weighted by molar-refractivity contribution is 5.77. The Kier molecular flexibility index (Phi) is 5.03. The molecule has 1 amide bonds. The van der Waals surface area contributed by atoms with E-state index in [4.69, 9.17) is 5.26 Å². The van der Waals surface area contributed by atoms with Crippen molar-refractivity contribution in [3.05, 3.63) is 58.3 Å². The van der Waals surface area contributed by atoms with Gasteiger partial charge >= 0.3 is 0 Å². The summed E-state index contributed by atoms with van der Waals surface area (Å²) in [6.07, 6.45) is 2.84. The standard InChI is InChI=1S/C19H20N6O2/c1-13(2)25(10-15-6-4-14(8-20)5-7-15)17(26)11-24-12-21-18-16(19(24)27)9-22-23(18)3/h4-7,9,12-13H,10-11H2,1-3H3. The Bertz CT molecular complexity index is 1070. The molecule has 138 valence electrons. The molecule has 0 aliphatic heterocycles. The molecule has 0 aliphatic carbocycles. The Labute approximate surface area is 156 Å². The second kappa shape index (κ2) is 7.41. The van der Waals surface area contributed by atoms with Crippen molar-refractivity contribution < 1.29 is 4.79 Å². The van der Waals surface area contributed by atoms with Gasteiger partial charge in [0.25, 0.3) is 5.56 Å². The molecule has 0 N–H and O–H groups in total. The smallest absolute Gasteiger partial charge is 0.264 e. The van der Waals surface area contributed by atoms with Gasteiger partial charge in [-0.2, -0.15) is 10.4 Å². The summed E-state index contributed by atoms with van der Waals surface area (Å²) in [7, 11) is 1.71. The molecule has 0 atom stereocenters. The molecule has 0 saturated heterocycles. The summed E-state index contributed by atoms with van der Waals surface area (Å²) in [6, 6.07) is 9.14. The fourth-order valence-corrected chi connectivity index (χ4v) is 2.86. The maximum atomic E-state index is 12.8. The first-order valence-corrected chi connectivity index (χ1v) is 8.56. The molecule has 1 aromatic carbocycles. The van der Waals surface area contributed by atoms with Gasteiger partial charge in [0, 0.05) is 19.6 Å². The van der Waals surface area contributed by atoms with Gasteiger partial charge in [0.15, 0.2) is 5.65 Å². The van der Waals surface area contributed by atoms with Crippen LogP contribution < -0.4 is 5.56 Å². The molecule has 0 radical (unpaired) electrons. The molecule has 0 aliphatic rings. The maximum absolute atomic E-state index is 12.8. The summed E-state index contributed by atoms with van der Waals surface area (Å²) in [5.41, 5.74) is 1.69. The van der Waals surface area contributed by atoms with E-state index in [1.807, 2.05) is 26.0 Å². The van der Waals surface area contributed by atoms with Gasteiger partial charge in [-0.15, -0.1) is 0 Å². The topological polar surface area (TPSA) is 96.8 Å². The number of carbonyl (C=O) groups excluding carboxylic acids is 1. The Balaban J connectivity index is 1.82. The lowest BCUT2D eigenvalue weighted by molar-refractivity contribution is -0.134. The highest BCUT2D eigenvalue weighted by Crippen LogP contribution is 2.11. The van der Waals surface area contributed by atoms with Gasteiger partial charge in [-0.3, -0.25) is 18.8 Å². The van der Waals surface area contributed by atoms with Crippen LogP contribution in [0.15, 0.2) is 41.6 Å². The maximum Gasteiger partial charge on any atom is 0.264 e. The third-order valence-electron chi connectivity index (χ3n) is 4.40. The minimum Gasteiger partial charge on any atom is -0.334 e. The van der Waals surface area contributed by atoms with E-state index in [9.17, 15) is 9.59 Å². The molecule has 27 heavy (non-hydrogen) atoms. The number of fused-ring (bicyclic) bond motifs is 1. The SMILES string of the molecule is CC(C)N(Cc1ccc(C#N)cc1)C(=O)Cn1cnc2c(cnn2C)c1=O. The summed E-state index contributed by atoms with van der Waals surface area (Å²) >= 11 is 0. The van der Waals surface area contributed by atoms with Gasteiger partial charge in [-0.05, 0) is 31.5 Å². The molecule has 0 spiro atoms. The normalized spacial score (nSPS) is 10.9. The average Bonchev–Trinajstić information content (AvgIpc) is 3.03. The van der Waals surface area contributed by atoms with Crippen molar-refractivity contribution in [2.24, 2.45) is 7.05 Å². The highest BCUT2D eigenvalue weighted by Gasteiger charge is 2.19. The number of benzene rings is 1. The van der Waals surface area contributed by atoms with Crippen LogP contribution >= 0.6 is 0 Å². The van der Waals surface area contributed by atoms with Crippen molar-refractivity contribution in [3.63, 3.8) is 0 Å². The van der Waals surface area contributed by atoms with Crippen molar-refractivity contribution in [1.29, 1.82) is 5.26 Å². The Hall–Kier alpha value is -3.47. The van der Waals surface area contributed by atoms with Crippen LogP contribution in [-0.4, -0.2) is 36.2 Å². The fraction of sp³-hybridized carbons (Fsp3) is 0.316. The van der Waals surface area contributed by atoms with E-state index in [1.54, 1.807) is 24.1 Å². The number of aromatic nitrogens is 4. The number of hydrogen-bond donors (Lipinski definition) is 0. The molecule has 2 heterocycles. The van der Waals surface area contributed by atoms with Crippen molar-refractivity contribution in [2.45, 2.75) is 33.0 Å². The monoisotopic (exact) mass is 364 g/mol. The third kappa shape index (κ3) is 3.72. The van der Waals surface area contributed by atoms with Crippen LogP contribution in [0.2, 0.25) is 0 Å². The minimum absolute atomic E-state index is 0.0427. The molecular formula is C19H20N6O2. The van der Waals surface area contributed by atoms with Gasteiger partial charge in [0.1, 0.15) is 18.3 Å². The van der Waals surface area contributed by atoms with Crippen molar-refractivity contribution in [1.82, 2.24) is 24.2 Å². The summed E-state index contributed by atoms with van der Waals surface area (Å²) in [6.45, 7) is 4.16. The molecule has 3 rings (SSSR count). The zero-order valence-corrected chi connectivity index (χ0v) is 15.5. The zero-order chi connectivity index (χ0) is 19.6. The quantitative estimate of drug-likeness (QED) is 0.682. The van der Waals surface area contributed by atoms with E-state index in [2.05, 4.69) is 16.2 Å². The summed E-state index contributed by atoms with van der Waals surface area (Å²) in [4.78, 5) is 31.3. The molecule has 8 nitrogen and oxygen atoms in total. The number of nitrogens with zero attached hydrogens (tertiary/aromatic N) is 6. The summed E-state index contributed by atoms with van der Waals surface area (Å²) in [5.74, 6) is -0.179. The minimum atomic E-state index is -0.288. The number of aryl methyl sites for hydroxylation is 1. The third-order valence-corrected chi connectivity index (χ3v) is 4.40. The lowest BCUT2D eigenvalue weighted by Crippen LogP contribution is -2.40. The van der Waals surface area contributed by atoms with Crippen molar-refractivity contribution >= 4 is 16.9 Å². The van der Waals surface area contributed by atoms with Gasteiger partial charge < -0.3 is 4.90 Å². The van der Waals surface area contributed by atoms with E-state index in [0.717, 1.165) is 5.56 Å². The van der Waals surface area contributed by atoms with Crippen LogP contribution in [0.25, 0.3) is 11.0 Å². The molecule has 8 heteroatoms. The van der Waals surface area contributed by atoms with E-state index in [-0.39, 0.29) is 24.1 Å². The predicted molar refractivity (Wildman–Crippen MR) is 99.6 cm³/mol. The van der Waals surface area contributed by atoms with E-state index in [1.165, 1.54) is 21.8 Å². The van der Waals surface area contributed by atoms with Crippen molar-refractivity contribution in [2.75, 3.05) is 0 Å². The summed E-state index contributed by atoms with van der Waals surface area (Å²) < 4.78 is 2.83. The van der Waals surface area contributed by atoms with E-state index in [0.29, 0.717) is 23.1 Å². The van der Waals surface area contributed by atoms with Gasteiger partial charge in [0.2, 0.25) is 5.91 Å². The number of nitriles is 1. The van der Waals surface area contributed by atoms with E-state index < -0.39 is 0 Å². The van der Waals surface area contributed by atoms with Gasteiger partial charge in [0.05, 0.1) is 17.8 Å². The molecule has 0 bridgehead atoms. The molecule has 0 unspecified atom stereocenters. The van der Waals surface area contributed by atoms with Gasteiger partial charge in [-0.1, -0.05) is 12.1 Å². The van der Waals surface area contributed by atoms with Gasteiger partial charge in [-0.25, -0.2) is 4.98 Å². The Morgan fingerprint density at radius 1 is 1.30 bits per heavy atom. The Morgan fingerprint density at radius 2 is 2.00 bits per heavy atom. The molecule has 2 aromatic heterocycles. The highest BCUT2D eigenvalue weighted by atomic mass is 16.2. The Morgan fingerprint density at radius 3 is 2.63 bits per heavy atom. The number of rotatable bonds is 5. The lowest BCUT2D eigenvalue weighted by atomic mass is 10.1.